The van der Waals surface area contributed by atoms with Gasteiger partial charge in [0, 0.05) is 5.69 Å². The topological polar surface area (TPSA) is 55.6 Å². The molecule has 0 unspecified atom stereocenters. The molecule has 0 aliphatic heterocycles. The van der Waals surface area contributed by atoms with Crippen LogP contribution < -0.4 is 5.32 Å². The van der Waals surface area contributed by atoms with Crippen LogP contribution in [0.4, 0.5) is 15.9 Å². The van der Waals surface area contributed by atoms with Crippen molar-refractivity contribution in [1.29, 1.82) is 0 Å². The first kappa shape index (κ1) is 13.4. The van der Waals surface area contributed by atoms with Crippen molar-refractivity contribution >= 4 is 22.7 Å². The summed E-state index contributed by atoms with van der Waals surface area (Å²) >= 11 is 0. The molecule has 6 heteroatoms. The molecule has 0 aliphatic rings. The molecule has 0 radical (unpaired) electrons. The van der Waals surface area contributed by atoms with Crippen molar-refractivity contribution in [3.05, 3.63) is 72.8 Å². The van der Waals surface area contributed by atoms with Gasteiger partial charge in [0.25, 0.3) is 0 Å². The number of benzene rings is 2. The molecule has 23 heavy (non-hydrogen) atoms. The van der Waals surface area contributed by atoms with Crippen molar-refractivity contribution in [2.45, 2.75) is 0 Å². The second-order valence-corrected chi connectivity index (χ2v) is 4.99. The van der Waals surface area contributed by atoms with Gasteiger partial charge in [-0.05, 0) is 36.4 Å². The Morgan fingerprint density at radius 2 is 1.70 bits per heavy atom. The average molecular weight is 305 g/mol. The third kappa shape index (κ3) is 2.62. The lowest BCUT2D eigenvalue weighted by Gasteiger charge is -2.06. The number of anilines is 2. The van der Waals surface area contributed by atoms with Gasteiger partial charge in [-0.2, -0.15) is 5.10 Å². The number of para-hydroxylation sites is 1. The maximum absolute atomic E-state index is 12.9. The fraction of sp³-hybridized carbons (Fsp3) is 0. The molecule has 0 aliphatic carbocycles. The predicted molar refractivity (Wildman–Crippen MR) is 86.3 cm³/mol. The van der Waals surface area contributed by atoms with Crippen LogP contribution in [0.2, 0.25) is 0 Å². The van der Waals surface area contributed by atoms with Crippen LogP contribution in [-0.4, -0.2) is 19.7 Å². The highest BCUT2D eigenvalue weighted by Crippen LogP contribution is 2.19. The molecule has 0 bridgehead atoms. The Hall–Kier alpha value is -3.28. The third-order valence-corrected chi connectivity index (χ3v) is 3.39. The van der Waals surface area contributed by atoms with Gasteiger partial charge in [0.05, 0.1) is 18.1 Å². The molecule has 0 atom stereocenters. The summed E-state index contributed by atoms with van der Waals surface area (Å²) in [5, 5.41) is 7.43. The molecule has 5 nitrogen and oxygen atoms in total. The fourth-order valence-electron chi connectivity index (χ4n) is 2.31. The van der Waals surface area contributed by atoms with Crippen LogP contribution >= 0.6 is 0 Å². The Kier molecular flexibility index (Phi) is 3.20. The Labute approximate surface area is 131 Å². The average Bonchev–Trinajstić information content (AvgIpc) is 3.01. The van der Waals surface area contributed by atoms with Crippen molar-refractivity contribution in [2.24, 2.45) is 0 Å². The monoisotopic (exact) mass is 305 g/mol. The van der Waals surface area contributed by atoms with Gasteiger partial charge in [-0.3, -0.25) is 0 Å². The van der Waals surface area contributed by atoms with E-state index in [4.69, 9.17) is 0 Å². The van der Waals surface area contributed by atoms with Gasteiger partial charge >= 0.3 is 0 Å². The zero-order valence-electron chi connectivity index (χ0n) is 12.0. The van der Waals surface area contributed by atoms with E-state index < -0.39 is 0 Å². The molecule has 1 N–H and O–H groups in total. The van der Waals surface area contributed by atoms with Gasteiger partial charge in [0.2, 0.25) is 0 Å². The molecule has 0 fully saturated rings. The van der Waals surface area contributed by atoms with Crippen molar-refractivity contribution in [3.8, 4) is 5.69 Å². The maximum atomic E-state index is 12.9. The van der Waals surface area contributed by atoms with E-state index >= 15 is 0 Å². The first-order chi connectivity index (χ1) is 11.3. The Morgan fingerprint density at radius 1 is 0.913 bits per heavy atom. The minimum absolute atomic E-state index is 0.277. The lowest BCUT2D eigenvalue weighted by atomic mass is 10.3. The van der Waals surface area contributed by atoms with Crippen LogP contribution in [0, 0.1) is 5.82 Å². The standard InChI is InChI=1S/C17H12FN5/c18-12-6-8-13(9-7-12)21-16-11-19-17-15(22-16)10-20-23(17)14-4-2-1-3-5-14/h1-11H,(H,21,22). The molecular formula is C17H12FN5. The molecule has 0 spiro atoms. The SMILES string of the molecule is Fc1ccc(Nc2cnc3c(cnn3-c3ccccc3)n2)cc1. The minimum atomic E-state index is -0.277. The summed E-state index contributed by atoms with van der Waals surface area (Å²) in [4.78, 5) is 8.92. The van der Waals surface area contributed by atoms with Crippen LogP contribution in [0.25, 0.3) is 16.9 Å². The number of halogens is 1. The maximum Gasteiger partial charge on any atom is 0.181 e. The van der Waals surface area contributed by atoms with E-state index in [1.165, 1.54) is 12.1 Å². The van der Waals surface area contributed by atoms with Crippen LogP contribution in [-0.2, 0) is 0 Å². The van der Waals surface area contributed by atoms with Crippen LogP contribution in [0.5, 0.6) is 0 Å². The first-order valence-corrected chi connectivity index (χ1v) is 7.08. The highest BCUT2D eigenvalue weighted by Gasteiger charge is 2.08. The van der Waals surface area contributed by atoms with Gasteiger partial charge in [-0.25, -0.2) is 19.0 Å². The molecule has 112 valence electrons. The molecule has 0 saturated heterocycles. The van der Waals surface area contributed by atoms with Crippen molar-refractivity contribution < 1.29 is 4.39 Å². The molecule has 2 aromatic heterocycles. The molecule has 0 saturated carbocycles. The second-order valence-electron chi connectivity index (χ2n) is 4.99. The number of hydrogen-bond donors (Lipinski definition) is 1. The van der Waals surface area contributed by atoms with E-state index in [1.807, 2.05) is 30.3 Å². The quantitative estimate of drug-likeness (QED) is 0.627. The van der Waals surface area contributed by atoms with Crippen molar-refractivity contribution in [2.75, 3.05) is 5.32 Å². The first-order valence-electron chi connectivity index (χ1n) is 7.08. The van der Waals surface area contributed by atoms with Crippen molar-refractivity contribution in [3.63, 3.8) is 0 Å². The Bertz CT molecular complexity index is 948. The number of fused-ring (bicyclic) bond motifs is 1. The Morgan fingerprint density at radius 3 is 2.48 bits per heavy atom. The lowest BCUT2D eigenvalue weighted by molar-refractivity contribution is 0.628. The van der Waals surface area contributed by atoms with Gasteiger partial charge in [-0.15, -0.1) is 0 Å². The largest absolute Gasteiger partial charge is 0.339 e. The number of rotatable bonds is 3. The molecule has 2 aromatic carbocycles. The molecule has 0 amide bonds. The van der Waals surface area contributed by atoms with Gasteiger partial charge < -0.3 is 5.32 Å². The summed E-state index contributed by atoms with van der Waals surface area (Å²) in [5.41, 5.74) is 3.04. The van der Waals surface area contributed by atoms with E-state index in [0.29, 0.717) is 17.0 Å². The summed E-state index contributed by atoms with van der Waals surface area (Å²) in [5.74, 6) is 0.304. The lowest BCUT2D eigenvalue weighted by Crippen LogP contribution is -1.99. The fourth-order valence-corrected chi connectivity index (χ4v) is 2.31. The number of aromatic nitrogens is 4. The van der Waals surface area contributed by atoms with Crippen LogP contribution in [0.3, 0.4) is 0 Å². The van der Waals surface area contributed by atoms with Gasteiger partial charge in [0.15, 0.2) is 5.65 Å². The van der Waals surface area contributed by atoms with E-state index in [-0.39, 0.29) is 5.82 Å². The van der Waals surface area contributed by atoms with Crippen molar-refractivity contribution in [1.82, 2.24) is 19.7 Å². The summed E-state index contributed by atoms with van der Waals surface area (Å²) in [6.45, 7) is 0. The van der Waals surface area contributed by atoms with E-state index in [0.717, 1.165) is 11.4 Å². The summed E-state index contributed by atoms with van der Waals surface area (Å²) in [6.07, 6.45) is 3.30. The predicted octanol–water partition coefficient (Wildman–Crippen LogP) is 3.70. The minimum Gasteiger partial charge on any atom is -0.339 e. The highest BCUT2D eigenvalue weighted by molar-refractivity contribution is 5.74. The van der Waals surface area contributed by atoms with E-state index in [1.54, 1.807) is 29.2 Å². The number of nitrogens with zero attached hydrogens (tertiary/aromatic N) is 4. The normalized spacial score (nSPS) is 10.8. The number of nitrogens with one attached hydrogen (secondary N) is 1. The van der Waals surface area contributed by atoms with E-state index in [9.17, 15) is 4.39 Å². The summed E-state index contributed by atoms with van der Waals surface area (Å²) in [6, 6.07) is 15.8. The summed E-state index contributed by atoms with van der Waals surface area (Å²) < 4.78 is 14.7. The van der Waals surface area contributed by atoms with Gasteiger partial charge in [0.1, 0.15) is 17.2 Å². The molecule has 4 rings (SSSR count). The molecular weight excluding hydrogens is 293 g/mol. The zero-order chi connectivity index (χ0) is 15.6. The third-order valence-electron chi connectivity index (χ3n) is 3.39. The second kappa shape index (κ2) is 5.49. The molecule has 4 aromatic rings. The van der Waals surface area contributed by atoms with Crippen LogP contribution in [0.1, 0.15) is 0 Å². The smallest absolute Gasteiger partial charge is 0.181 e. The summed E-state index contributed by atoms with van der Waals surface area (Å²) in [7, 11) is 0. The molecule has 2 heterocycles. The number of hydrogen-bond acceptors (Lipinski definition) is 4. The zero-order valence-corrected chi connectivity index (χ0v) is 12.0. The van der Waals surface area contributed by atoms with Gasteiger partial charge in [-0.1, -0.05) is 18.2 Å². The Balaban J connectivity index is 1.68. The van der Waals surface area contributed by atoms with Crippen LogP contribution in [0.15, 0.2) is 67.0 Å². The van der Waals surface area contributed by atoms with E-state index in [2.05, 4.69) is 20.4 Å². The highest BCUT2D eigenvalue weighted by atomic mass is 19.1.